The minimum atomic E-state index is -1.60. The molecule has 0 saturated carbocycles. The Morgan fingerprint density at radius 3 is 2.36 bits per heavy atom. The first-order chi connectivity index (χ1) is 6.42. The van der Waals surface area contributed by atoms with E-state index >= 15 is 0 Å². The second-order valence-corrected chi connectivity index (χ2v) is 8.40. The standard InChI is InChI=1S/C9H20O2S3/c1-9(2,3)13-12-7-5-4-6-8-14(10)11/h4-8H2,1-3H3,(H,10,11). The molecular formula is C9H20O2S3. The van der Waals surface area contributed by atoms with E-state index in [0.717, 1.165) is 25.0 Å². The highest BCUT2D eigenvalue weighted by molar-refractivity contribution is 8.77. The summed E-state index contributed by atoms with van der Waals surface area (Å²) in [5.41, 5.74) is 0. The van der Waals surface area contributed by atoms with Crippen molar-refractivity contribution >= 4 is 32.7 Å². The molecular weight excluding hydrogens is 236 g/mol. The summed E-state index contributed by atoms with van der Waals surface area (Å²) in [6.07, 6.45) is 3.07. The van der Waals surface area contributed by atoms with Crippen molar-refractivity contribution in [2.75, 3.05) is 11.5 Å². The molecule has 0 fully saturated rings. The summed E-state index contributed by atoms with van der Waals surface area (Å²) in [6.45, 7) is 6.62. The van der Waals surface area contributed by atoms with Gasteiger partial charge < -0.3 is 4.55 Å². The summed E-state index contributed by atoms with van der Waals surface area (Å²) in [6, 6.07) is 0. The van der Waals surface area contributed by atoms with Gasteiger partial charge in [0.15, 0.2) is 11.1 Å². The lowest BCUT2D eigenvalue weighted by Gasteiger charge is -2.15. The fourth-order valence-corrected chi connectivity index (χ4v) is 3.66. The Morgan fingerprint density at radius 2 is 1.86 bits per heavy atom. The van der Waals surface area contributed by atoms with Gasteiger partial charge in [0.25, 0.3) is 0 Å². The minimum Gasteiger partial charge on any atom is -0.306 e. The van der Waals surface area contributed by atoms with Crippen LogP contribution in [0.3, 0.4) is 0 Å². The first-order valence-electron chi connectivity index (χ1n) is 4.80. The molecule has 0 amide bonds. The average molecular weight is 256 g/mol. The number of rotatable bonds is 7. The van der Waals surface area contributed by atoms with E-state index in [2.05, 4.69) is 20.8 Å². The second-order valence-electron chi connectivity index (χ2n) is 4.10. The number of hydrogen-bond donors (Lipinski definition) is 1. The molecule has 0 heterocycles. The zero-order chi connectivity index (χ0) is 11.0. The predicted molar refractivity (Wildman–Crippen MR) is 69.3 cm³/mol. The van der Waals surface area contributed by atoms with Crippen LogP contribution in [-0.4, -0.2) is 25.0 Å². The fraction of sp³-hybridized carbons (Fsp3) is 1.00. The van der Waals surface area contributed by atoms with Gasteiger partial charge in [-0.3, -0.25) is 0 Å². The van der Waals surface area contributed by atoms with Gasteiger partial charge in [-0.1, -0.05) is 48.8 Å². The monoisotopic (exact) mass is 256 g/mol. The van der Waals surface area contributed by atoms with Crippen molar-refractivity contribution in [1.29, 1.82) is 0 Å². The topological polar surface area (TPSA) is 37.3 Å². The molecule has 0 aromatic rings. The van der Waals surface area contributed by atoms with E-state index < -0.39 is 11.1 Å². The van der Waals surface area contributed by atoms with Crippen LogP contribution < -0.4 is 0 Å². The summed E-state index contributed by atoms with van der Waals surface area (Å²) in [7, 11) is 3.80. The summed E-state index contributed by atoms with van der Waals surface area (Å²) in [4.78, 5) is 0. The van der Waals surface area contributed by atoms with Crippen molar-refractivity contribution in [3.63, 3.8) is 0 Å². The van der Waals surface area contributed by atoms with Gasteiger partial charge in [-0.2, -0.15) is 0 Å². The van der Waals surface area contributed by atoms with Crippen molar-refractivity contribution in [1.82, 2.24) is 0 Å². The zero-order valence-electron chi connectivity index (χ0n) is 9.12. The largest absolute Gasteiger partial charge is 0.306 e. The molecule has 5 heteroatoms. The van der Waals surface area contributed by atoms with Gasteiger partial charge >= 0.3 is 0 Å². The Kier molecular flexibility index (Phi) is 8.48. The maximum absolute atomic E-state index is 10.3. The lowest BCUT2D eigenvalue weighted by atomic mass is 10.3. The molecule has 0 saturated heterocycles. The molecule has 1 unspecified atom stereocenters. The third kappa shape index (κ3) is 12.8. The molecule has 1 atom stereocenters. The molecule has 0 radical (unpaired) electrons. The van der Waals surface area contributed by atoms with Crippen molar-refractivity contribution in [2.45, 2.75) is 44.8 Å². The van der Waals surface area contributed by atoms with Crippen LogP contribution in [0.15, 0.2) is 0 Å². The molecule has 86 valence electrons. The fourth-order valence-electron chi connectivity index (χ4n) is 0.782. The van der Waals surface area contributed by atoms with Crippen LogP contribution in [0.5, 0.6) is 0 Å². The summed E-state index contributed by atoms with van der Waals surface area (Å²) in [5, 5.41) is 0. The van der Waals surface area contributed by atoms with Crippen LogP contribution in [0.1, 0.15) is 40.0 Å². The molecule has 2 nitrogen and oxygen atoms in total. The molecule has 0 aliphatic carbocycles. The summed E-state index contributed by atoms with van der Waals surface area (Å²) in [5.74, 6) is 1.57. The first-order valence-corrected chi connectivity index (χ1v) is 8.39. The van der Waals surface area contributed by atoms with Gasteiger partial charge in [-0.05, 0) is 12.8 Å². The van der Waals surface area contributed by atoms with Crippen LogP contribution in [0.25, 0.3) is 0 Å². The smallest absolute Gasteiger partial charge is 0.152 e. The number of hydrogen-bond acceptors (Lipinski definition) is 3. The quantitative estimate of drug-likeness (QED) is 0.429. The van der Waals surface area contributed by atoms with E-state index in [1.54, 1.807) is 0 Å². The third-order valence-electron chi connectivity index (χ3n) is 1.36. The lowest BCUT2D eigenvalue weighted by Crippen LogP contribution is -2.04. The van der Waals surface area contributed by atoms with Crippen molar-refractivity contribution in [3.05, 3.63) is 0 Å². The molecule has 0 spiro atoms. The molecule has 0 aromatic heterocycles. The van der Waals surface area contributed by atoms with Crippen LogP contribution in [-0.2, 0) is 11.1 Å². The molecule has 0 rings (SSSR count). The summed E-state index contributed by atoms with van der Waals surface area (Å²) < 4.78 is 19.2. The predicted octanol–water partition coefficient (Wildman–Crippen LogP) is 3.56. The molecule has 1 N–H and O–H groups in total. The Bertz CT molecular complexity index is 166. The van der Waals surface area contributed by atoms with Crippen LogP contribution in [0.4, 0.5) is 0 Å². The molecule has 0 aliphatic heterocycles. The lowest BCUT2D eigenvalue weighted by molar-refractivity contribution is 0.560. The van der Waals surface area contributed by atoms with E-state index in [1.165, 1.54) is 0 Å². The highest BCUT2D eigenvalue weighted by atomic mass is 33.1. The van der Waals surface area contributed by atoms with E-state index in [9.17, 15) is 4.21 Å². The van der Waals surface area contributed by atoms with E-state index in [4.69, 9.17) is 4.55 Å². The Labute approximate surface area is 97.7 Å². The van der Waals surface area contributed by atoms with Gasteiger partial charge in [-0.15, -0.1) is 0 Å². The Balaban J connectivity index is 3.11. The van der Waals surface area contributed by atoms with Crippen LogP contribution in [0, 0.1) is 0 Å². The minimum absolute atomic E-state index is 0.331. The first kappa shape index (κ1) is 14.8. The van der Waals surface area contributed by atoms with E-state index in [-0.39, 0.29) is 0 Å². The highest BCUT2D eigenvalue weighted by Crippen LogP contribution is 2.35. The van der Waals surface area contributed by atoms with Gasteiger partial charge in [0.1, 0.15) is 0 Å². The SMILES string of the molecule is CC(C)(C)SSCCCCCS(=O)O. The van der Waals surface area contributed by atoms with Crippen molar-refractivity contribution in [3.8, 4) is 0 Å². The molecule has 14 heavy (non-hydrogen) atoms. The normalized spacial score (nSPS) is 14.3. The van der Waals surface area contributed by atoms with Gasteiger partial charge in [0.05, 0.1) is 0 Å². The molecule has 0 aliphatic rings. The molecule has 0 bridgehead atoms. The molecule has 0 aromatic carbocycles. The van der Waals surface area contributed by atoms with E-state index in [0.29, 0.717) is 10.5 Å². The maximum Gasteiger partial charge on any atom is 0.152 e. The summed E-state index contributed by atoms with van der Waals surface area (Å²) >= 11 is -1.60. The van der Waals surface area contributed by atoms with Gasteiger partial charge in [0.2, 0.25) is 0 Å². The third-order valence-corrected chi connectivity index (χ3v) is 5.42. The van der Waals surface area contributed by atoms with Gasteiger partial charge in [-0.25, -0.2) is 4.21 Å². The van der Waals surface area contributed by atoms with Crippen LogP contribution in [0.2, 0.25) is 0 Å². The van der Waals surface area contributed by atoms with Crippen molar-refractivity contribution < 1.29 is 8.76 Å². The Hall–Kier alpha value is 0.810. The number of unbranched alkanes of at least 4 members (excludes halogenated alkanes) is 2. The van der Waals surface area contributed by atoms with Crippen LogP contribution >= 0.6 is 21.6 Å². The zero-order valence-corrected chi connectivity index (χ0v) is 11.6. The second kappa shape index (κ2) is 8.02. The highest BCUT2D eigenvalue weighted by Gasteiger charge is 2.10. The average Bonchev–Trinajstić information content (AvgIpc) is 2.00. The van der Waals surface area contributed by atoms with E-state index in [1.807, 2.05) is 21.6 Å². The Morgan fingerprint density at radius 1 is 1.21 bits per heavy atom. The van der Waals surface area contributed by atoms with Gasteiger partial charge in [0, 0.05) is 16.3 Å². The maximum atomic E-state index is 10.3. The van der Waals surface area contributed by atoms with Crippen molar-refractivity contribution in [2.24, 2.45) is 0 Å².